The van der Waals surface area contributed by atoms with Gasteiger partial charge in [-0.1, -0.05) is 64.4 Å². The van der Waals surface area contributed by atoms with Crippen LogP contribution in [-0.4, -0.2) is 125 Å². The Morgan fingerprint density at radius 1 is 0.979 bits per heavy atom. The van der Waals surface area contributed by atoms with E-state index >= 15 is 0 Å². The van der Waals surface area contributed by atoms with Gasteiger partial charge in [-0.25, -0.2) is 0 Å². The maximum atomic E-state index is 13.8. The molecule has 13 heteroatoms. The number of hydrogen-bond acceptors (Lipinski definition) is 9. The number of carbonyl (C=O) groups excluding carboxylic acids is 5. The minimum absolute atomic E-state index is 0.0321. The number of ether oxygens (including phenoxy) is 3. The summed E-state index contributed by atoms with van der Waals surface area (Å²) in [7, 11) is 7.49. The normalized spacial score (nSPS) is 18.0. The first-order valence-electron chi connectivity index (χ1n) is 16.8. The van der Waals surface area contributed by atoms with Gasteiger partial charge in [0.25, 0.3) is 0 Å². The van der Waals surface area contributed by atoms with Crippen LogP contribution in [0.5, 0.6) is 0 Å². The summed E-state index contributed by atoms with van der Waals surface area (Å²) in [5, 5.41) is 8.53. The number of esters is 1. The molecule has 0 bridgehead atoms. The Morgan fingerprint density at radius 2 is 1.65 bits per heavy atom. The van der Waals surface area contributed by atoms with Gasteiger partial charge in [0.05, 0.1) is 50.4 Å². The molecule has 1 aliphatic rings. The third-order valence-corrected chi connectivity index (χ3v) is 9.46. The number of carbonyl (C=O) groups is 5. The van der Waals surface area contributed by atoms with Crippen molar-refractivity contribution in [2.75, 3.05) is 55.1 Å². The van der Waals surface area contributed by atoms with Crippen molar-refractivity contribution >= 4 is 29.6 Å². The second kappa shape index (κ2) is 20.1. The number of likely N-dealkylation sites (tertiary alicyclic amines) is 1. The van der Waals surface area contributed by atoms with Crippen molar-refractivity contribution in [3.05, 3.63) is 35.9 Å². The Kier molecular flexibility index (Phi) is 17.0. The Balaban J connectivity index is 2.15. The number of amides is 4. The van der Waals surface area contributed by atoms with E-state index in [0.717, 1.165) is 12.0 Å². The molecule has 0 spiro atoms. The van der Waals surface area contributed by atoms with Crippen molar-refractivity contribution in [3.8, 4) is 0 Å². The maximum absolute atomic E-state index is 13.8. The fraction of sp³-hybridized carbons (Fsp3) is 0.686. The van der Waals surface area contributed by atoms with Crippen molar-refractivity contribution in [1.29, 1.82) is 0 Å². The Hall–Kier alpha value is -3.55. The summed E-state index contributed by atoms with van der Waals surface area (Å²) >= 11 is 0. The number of methoxy groups -OCH3 is 3. The van der Waals surface area contributed by atoms with Crippen molar-refractivity contribution in [2.24, 2.45) is 17.8 Å². The van der Waals surface area contributed by atoms with Gasteiger partial charge in [0, 0.05) is 34.4 Å². The van der Waals surface area contributed by atoms with E-state index in [1.54, 1.807) is 23.9 Å². The fourth-order valence-electron chi connectivity index (χ4n) is 6.38. The second-order valence-electron chi connectivity index (χ2n) is 12.8. The topological polar surface area (TPSA) is 156 Å². The van der Waals surface area contributed by atoms with Gasteiger partial charge in [0.2, 0.25) is 23.6 Å². The van der Waals surface area contributed by atoms with Crippen LogP contribution in [0.25, 0.3) is 0 Å². The average Bonchev–Trinajstić information content (AvgIpc) is 3.05. The molecule has 1 saturated heterocycles. The first kappa shape index (κ1) is 40.6. The van der Waals surface area contributed by atoms with Crippen LogP contribution in [0.1, 0.15) is 52.5 Å². The lowest BCUT2D eigenvalue weighted by Gasteiger charge is -2.47. The molecule has 2 rings (SSSR count). The second-order valence-corrected chi connectivity index (χ2v) is 12.8. The highest BCUT2D eigenvalue weighted by Crippen LogP contribution is 2.30. The molecule has 0 radical (unpaired) electrons. The molecule has 1 aromatic carbocycles. The van der Waals surface area contributed by atoms with Gasteiger partial charge in [-0.15, -0.1) is 0 Å². The van der Waals surface area contributed by atoms with E-state index in [-0.39, 0.29) is 42.5 Å². The molecule has 48 heavy (non-hydrogen) atoms. The van der Waals surface area contributed by atoms with E-state index in [4.69, 9.17) is 14.2 Å². The molecule has 1 fully saturated rings. The zero-order chi connectivity index (χ0) is 36.0. The highest BCUT2D eigenvalue weighted by Gasteiger charge is 2.48. The number of rotatable bonds is 20. The van der Waals surface area contributed by atoms with Crippen LogP contribution in [0, 0.1) is 17.8 Å². The fourth-order valence-corrected chi connectivity index (χ4v) is 6.38. The van der Waals surface area contributed by atoms with Crippen LogP contribution in [0.4, 0.5) is 0 Å². The van der Waals surface area contributed by atoms with Gasteiger partial charge >= 0.3 is 5.97 Å². The molecule has 0 aromatic heterocycles. The van der Waals surface area contributed by atoms with E-state index in [1.165, 1.54) is 21.3 Å². The molecule has 0 aliphatic carbocycles. The Morgan fingerprint density at radius 3 is 2.15 bits per heavy atom. The summed E-state index contributed by atoms with van der Waals surface area (Å²) in [5.41, 5.74) is 1.04. The van der Waals surface area contributed by atoms with E-state index in [0.29, 0.717) is 25.9 Å². The van der Waals surface area contributed by atoms with E-state index in [1.807, 2.05) is 58.0 Å². The molecular weight excluding hydrogens is 618 g/mol. The van der Waals surface area contributed by atoms with Crippen LogP contribution >= 0.6 is 0 Å². The molecule has 1 heterocycles. The molecule has 13 nitrogen and oxygen atoms in total. The lowest BCUT2D eigenvalue weighted by atomic mass is 9.86. The highest BCUT2D eigenvalue weighted by atomic mass is 16.5. The number of nitrogens with zero attached hydrogens (tertiary/aromatic N) is 2. The van der Waals surface area contributed by atoms with Crippen molar-refractivity contribution in [1.82, 2.24) is 25.8 Å². The quantitative estimate of drug-likeness (QED) is 0.137. The Bertz CT molecular complexity index is 1200. The molecule has 270 valence electrons. The van der Waals surface area contributed by atoms with Gasteiger partial charge in [0.15, 0.2) is 5.92 Å². The molecule has 1 aromatic rings. The number of hydrogen-bond donors (Lipinski definition) is 3. The van der Waals surface area contributed by atoms with Gasteiger partial charge < -0.3 is 40.0 Å². The summed E-state index contributed by atoms with van der Waals surface area (Å²) < 4.78 is 16.6. The largest absolute Gasteiger partial charge is 0.468 e. The maximum Gasteiger partial charge on any atom is 0.321 e. The van der Waals surface area contributed by atoms with Crippen LogP contribution in [0.15, 0.2) is 30.3 Å². The minimum Gasteiger partial charge on any atom is -0.468 e. The lowest BCUT2D eigenvalue weighted by Crippen LogP contribution is -2.62. The zero-order valence-electron chi connectivity index (χ0n) is 30.1. The van der Waals surface area contributed by atoms with Gasteiger partial charge in [-0.3, -0.25) is 24.0 Å². The van der Waals surface area contributed by atoms with E-state index < -0.39 is 48.1 Å². The van der Waals surface area contributed by atoms with E-state index in [9.17, 15) is 24.0 Å². The molecular formula is C35H57N5O8. The van der Waals surface area contributed by atoms with Gasteiger partial charge in [0.1, 0.15) is 0 Å². The molecule has 7 unspecified atom stereocenters. The van der Waals surface area contributed by atoms with Crippen LogP contribution in [0.2, 0.25) is 0 Å². The smallest absolute Gasteiger partial charge is 0.321 e. The number of likely N-dealkylation sites (N-methyl/N-ethyl adjacent to an activating group) is 2. The standard InChI is InChI=1S/C35H57N5O8/c1-10-23(4)31(39(6)28(42)21-38-34(44)30(36-5)22(2)3)26(46-7)20-27(41)40-19-17-25(40)32(47-8)29(35(45)48-9)33(43)37-18-16-24-14-12-11-13-15-24/h11-15,22-23,25-26,29-32,36H,10,16-21H2,1-9H3,(H,37,43)(H,38,44). The molecule has 7 atom stereocenters. The Labute approximate surface area is 285 Å². The van der Waals surface area contributed by atoms with Crippen LogP contribution in [-0.2, 0) is 44.6 Å². The minimum atomic E-state index is -1.28. The van der Waals surface area contributed by atoms with Gasteiger partial charge in [-0.2, -0.15) is 0 Å². The first-order valence-corrected chi connectivity index (χ1v) is 16.8. The third kappa shape index (κ3) is 10.7. The van der Waals surface area contributed by atoms with Crippen LogP contribution in [0.3, 0.4) is 0 Å². The summed E-state index contributed by atoms with van der Waals surface area (Å²) in [5.74, 6) is -3.36. The molecule has 0 saturated carbocycles. The monoisotopic (exact) mass is 675 g/mol. The molecule has 3 N–H and O–H groups in total. The number of benzene rings is 1. The molecule has 1 aliphatic heterocycles. The highest BCUT2D eigenvalue weighted by molar-refractivity contribution is 5.98. The average molecular weight is 676 g/mol. The summed E-state index contributed by atoms with van der Waals surface area (Å²) in [6.45, 7) is 8.37. The summed E-state index contributed by atoms with van der Waals surface area (Å²) in [6.07, 6.45) is 0.208. The zero-order valence-corrected chi connectivity index (χ0v) is 30.1. The molecule has 4 amide bonds. The van der Waals surface area contributed by atoms with Crippen molar-refractivity contribution < 1.29 is 38.2 Å². The predicted octanol–water partition coefficient (Wildman–Crippen LogP) is 1.39. The first-order chi connectivity index (χ1) is 22.9. The SMILES string of the molecule is CCC(C)C(C(CC(=O)N1CCC1C(OC)C(C(=O)NCCc1ccccc1)C(=O)OC)OC)N(C)C(=O)CNC(=O)C(NC)C(C)C. The van der Waals surface area contributed by atoms with Crippen molar-refractivity contribution in [3.63, 3.8) is 0 Å². The predicted molar refractivity (Wildman–Crippen MR) is 182 cm³/mol. The van der Waals surface area contributed by atoms with E-state index in [2.05, 4.69) is 16.0 Å². The van der Waals surface area contributed by atoms with Crippen molar-refractivity contribution in [2.45, 2.75) is 83.7 Å². The number of nitrogens with one attached hydrogen (secondary N) is 3. The lowest BCUT2D eigenvalue weighted by molar-refractivity contribution is -0.167. The van der Waals surface area contributed by atoms with Crippen LogP contribution < -0.4 is 16.0 Å². The third-order valence-electron chi connectivity index (χ3n) is 9.46. The van der Waals surface area contributed by atoms with Gasteiger partial charge in [-0.05, 0) is 37.3 Å². The summed E-state index contributed by atoms with van der Waals surface area (Å²) in [6, 6.07) is 8.22. The summed E-state index contributed by atoms with van der Waals surface area (Å²) in [4.78, 5) is 69.1.